The minimum atomic E-state index is -1.37. The van der Waals surface area contributed by atoms with Crippen molar-refractivity contribution in [2.75, 3.05) is 25.1 Å². The first-order chi connectivity index (χ1) is 12.6. The summed E-state index contributed by atoms with van der Waals surface area (Å²) in [4.78, 5) is 0. The van der Waals surface area contributed by atoms with Gasteiger partial charge in [-0.25, -0.2) is 4.39 Å². The predicted octanol–water partition coefficient (Wildman–Crippen LogP) is 3.75. The molecular formula is C20H24FN3O2. The molecule has 1 aromatic carbocycles. The van der Waals surface area contributed by atoms with Crippen LogP contribution in [0.2, 0.25) is 0 Å². The van der Waals surface area contributed by atoms with Crippen LogP contribution in [0.15, 0.2) is 24.5 Å². The maximum Gasteiger partial charge on any atom is 0.190 e. The molecule has 1 aromatic heterocycles. The standard InChI is InChI=1S/C20H24FN3O2/c1-13-2-5-17-18(23-13)7-6-16(14-8-22-24(9-14)15-3-4-15)19(17)26-12-20(21)10-25-11-20/h6-9,13,15,23H,2-5,10-12H2,1H3/t13-/m0/s1. The van der Waals surface area contributed by atoms with Crippen molar-refractivity contribution in [1.82, 2.24) is 9.78 Å². The van der Waals surface area contributed by atoms with Gasteiger partial charge in [0.1, 0.15) is 12.4 Å². The largest absolute Gasteiger partial charge is 0.489 e. The first kappa shape index (κ1) is 16.1. The zero-order chi connectivity index (χ0) is 17.7. The lowest BCUT2D eigenvalue weighted by atomic mass is 9.94. The van der Waals surface area contributed by atoms with Gasteiger partial charge in [0.25, 0.3) is 0 Å². The summed E-state index contributed by atoms with van der Waals surface area (Å²) < 4.78 is 27.6. The number of anilines is 1. The summed E-state index contributed by atoms with van der Waals surface area (Å²) in [5, 5.41) is 8.03. The Kier molecular flexibility index (Phi) is 3.71. The van der Waals surface area contributed by atoms with Crippen LogP contribution in [0, 0.1) is 0 Å². The summed E-state index contributed by atoms with van der Waals surface area (Å²) in [7, 11) is 0. The van der Waals surface area contributed by atoms with Gasteiger partial charge in [0.15, 0.2) is 5.67 Å². The molecule has 3 heterocycles. The number of nitrogens with zero attached hydrogens (tertiary/aromatic N) is 2. The van der Waals surface area contributed by atoms with E-state index < -0.39 is 5.67 Å². The van der Waals surface area contributed by atoms with Crippen molar-refractivity contribution in [2.45, 2.75) is 50.4 Å². The second kappa shape index (κ2) is 5.98. The first-order valence-electron chi connectivity index (χ1n) is 9.48. The molecule has 1 saturated heterocycles. The van der Waals surface area contributed by atoms with Crippen LogP contribution in [-0.4, -0.2) is 41.3 Å². The molecule has 6 heteroatoms. The number of alkyl halides is 1. The lowest BCUT2D eigenvalue weighted by Crippen LogP contribution is -2.50. The molecule has 1 saturated carbocycles. The van der Waals surface area contributed by atoms with Crippen LogP contribution in [-0.2, 0) is 11.2 Å². The van der Waals surface area contributed by atoms with Crippen molar-refractivity contribution in [3.8, 4) is 16.9 Å². The summed E-state index contributed by atoms with van der Waals surface area (Å²) in [6.45, 7) is 2.45. The van der Waals surface area contributed by atoms with Gasteiger partial charge in [0.05, 0.1) is 25.5 Å². The molecule has 0 spiro atoms. The fourth-order valence-electron chi connectivity index (χ4n) is 3.73. The highest BCUT2D eigenvalue weighted by Gasteiger charge is 2.40. The molecule has 138 valence electrons. The molecule has 0 amide bonds. The quantitative estimate of drug-likeness (QED) is 0.885. The molecule has 1 atom stereocenters. The van der Waals surface area contributed by atoms with Gasteiger partial charge in [0.2, 0.25) is 0 Å². The van der Waals surface area contributed by atoms with Gasteiger partial charge >= 0.3 is 0 Å². The molecule has 26 heavy (non-hydrogen) atoms. The Balaban J connectivity index is 1.51. The highest BCUT2D eigenvalue weighted by atomic mass is 19.1. The smallest absolute Gasteiger partial charge is 0.190 e. The number of benzene rings is 1. The molecular weight excluding hydrogens is 333 g/mol. The van der Waals surface area contributed by atoms with Gasteiger partial charge < -0.3 is 14.8 Å². The van der Waals surface area contributed by atoms with Gasteiger partial charge in [0, 0.05) is 34.6 Å². The highest BCUT2D eigenvalue weighted by Crippen LogP contribution is 2.42. The van der Waals surface area contributed by atoms with Crippen molar-refractivity contribution in [1.29, 1.82) is 0 Å². The molecule has 0 unspecified atom stereocenters. The van der Waals surface area contributed by atoms with Crippen LogP contribution >= 0.6 is 0 Å². The lowest BCUT2D eigenvalue weighted by Gasteiger charge is -2.34. The van der Waals surface area contributed by atoms with E-state index in [9.17, 15) is 4.39 Å². The van der Waals surface area contributed by atoms with E-state index in [-0.39, 0.29) is 19.8 Å². The number of hydrogen-bond donors (Lipinski definition) is 1. The van der Waals surface area contributed by atoms with Crippen LogP contribution in [0.1, 0.15) is 37.8 Å². The van der Waals surface area contributed by atoms with Crippen molar-refractivity contribution in [2.24, 2.45) is 0 Å². The Hall–Kier alpha value is -2.08. The summed E-state index contributed by atoms with van der Waals surface area (Å²) in [5.41, 5.74) is 2.90. The van der Waals surface area contributed by atoms with Crippen LogP contribution in [0.5, 0.6) is 5.75 Å². The highest BCUT2D eigenvalue weighted by molar-refractivity contribution is 5.77. The van der Waals surface area contributed by atoms with Crippen LogP contribution < -0.4 is 10.1 Å². The molecule has 0 radical (unpaired) electrons. The third-order valence-corrected chi connectivity index (χ3v) is 5.52. The zero-order valence-corrected chi connectivity index (χ0v) is 15.0. The average Bonchev–Trinajstić information content (AvgIpc) is 3.35. The molecule has 5 rings (SSSR count). The Morgan fingerprint density at radius 2 is 2.19 bits per heavy atom. The number of rotatable bonds is 5. The van der Waals surface area contributed by atoms with E-state index in [4.69, 9.17) is 9.47 Å². The molecule has 2 aromatic rings. The maximum atomic E-state index is 14.5. The maximum absolute atomic E-state index is 14.5. The number of hydrogen-bond acceptors (Lipinski definition) is 4. The molecule has 2 fully saturated rings. The Morgan fingerprint density at radius 1 is 1.35 bits per heavy atom. The van der Waals surface area contributed by atoms with Crippen molar-refractivity contribution in [3.05, 3.63) is 30.1 Å². The number of aromatic nitrogens is 2. The van der Waals surface area contributed by atoms with E-state index in [1.165, 1.54) is 12.8 Å². The predicted molar refractivity (Wildman–Crippen MR) is 97.5 cm³/mol. The van der Waals surface area contributed by atoms with Crippen LogP contribution in [0.25, 0.3) is 11.1 Å². The molecule has 3 aliphatic rings. The molecule has 1 N–H and O–H groups in total. The van der Waals surface area contributed by atoms with Gasteiger partial charge in [-0.15, -0.1) is 0 Å². The van der Waals surface area contributed by atoms with Crippen LogP contribution in [0.4, 0.5) is 10.1 Å². The minimum absolute atomic E-state index is 0.0305. The summed E-state index contributed by atoms with van der Waals surface area (Å²) in [6.07, 6.45) is 8.34. The Bertz CT molecular complexity index is 826. The molecule has 1 aliphatic carbocycles. The second-order valence-electron chi connectivity index (χ2n) is 7.92. The van der Waals surface area contributed by atoms with E-state index in [0.29, 0.717) is 12.1 Å². The Morgan fingerprint density at radius 3 is 2.92 bits per heavy atom. The number of fused-ring (bicyclic) bond motifs is 1. The third-order valence-electron chi connectivity index (χ3n) is 5.52. The summed E-state index contributed by atoms with van der Waals surface area (Å²) >= 11 is 0. The number of ether oxygens (including phenoxy) is 2. The van der Waals surface area contributed by atoms with Gasteiger partial charge in [-0.3, -0.25) is 4.68 Å². The summed E-state index contributed by atoms with van der Waals surface area (Å²) in [5.74, 6) is 0.793. The van der Waals surface area contributed by atoms with E-state index in [0.717, 1.165) is 41.0 Å². The summed E-state index contributed by atoms with van der Waals surface area (Å²) in [6, 6.07) is 5.15. The zero-order valence-electron chi connectivity index (χ0n) is 15.0. The fraction of sp³-hybridized carbons (Fsp3) is 0.550. The van der Waals surface area contributed by atoms with Gasteiger partial charge in [-0.05, 0) is 44.7 Å². The van der Waals surface area contributed by atoms with Crippen molar-refractivity contribution < 1.29 is 13.9 Å². The number of halogens is 1. The number of nitrogens with one attached hydrogen (secondary N) is 1. The third kappa shape index (κ3) is 2.86. The van der Waals surface area contributed by atoms with E-state index >= 15 is 0 Å². The lowest BCUT2D eigenvalue weighted by molar-refractivity contribution is -0.146. The second-order valence-corrected chi connectivity index (χ2v) is 7.92. The Labute approximate surface area is 152 Å². The molecule has 2 aliphatic heterocycles. The SMILES string of the molecule is C[C@H]1CCc2c(ccc(-c3cnn(C4CC4)c3)c2OCC2(F)COC2)N1. The first-order valence-corrected chi connectivity index (χ1v) is 9.48. The fourth-order valence-corrected chi connectivity index (χ4v) is 3.73. The van der Waals surface area contributed by atoms with E-state index in [1.807, 2.05) is 10.9 Å². The van der Waals surface area contributed by atoms with E-state index in [1.54, 1.807) is 0 Å². The van der Waals surface area contributed by atoms with E-state index in [2.05, 4.69) is 35.7 Å². The topological polar surface area (TPSA) is 48.3 Å². The molecule has 5 nitrogen and oxygen atoms in total. The van der Waals surface area contributed by atoms with Crippen LogP contribution in [0.3, 0.4) is 0 Å². The molecule has 0 bridgehead atoms. The monoisotopic (exact) mass is 357 g/mol. The average molecular weight is 357 g/mol. The normalized spacial score (nSPS) is 23.7. The van der Waals surface area contributed by atoms with Gasteiger partial charge in [-0.2, -0.15) is 5.10 Å². The minimum Gasteiger partial charge on any atom is -0.489 e. The van der Waals surface area contributed by atoms with Crippen molar-refractivity contribution in [3.63, 3.8) is 0 Å². The van der Waals surface area contributed by atoms with Crippen molar-refractivity contribution >= 4 is 5.69 Å². The van der Waals surface area contributed by atoms with Gasteiger partial charge in [-0.1, -0.05) is 0 Å².